The Labute approximate surface area is 188 Å². The highest BCUT2D eigenvalue weighted by Gasteiger charge is 1.99. The maximum Gasteiger partial charge on any atom is 0.183 e. The van der Waals surface area contributed by atoms with E-state index in [-0.39, 0.29) is 0 Å². The first-order chi connectivity index (χ1) is 14.8. The van der Waals surface area contributed by atoms with Crippen LogP contribution in [-0.2, 0) is 0 Å². The number of ether oxygens (including phenoxy) is 1. The van der Waals surface area contributed by atoms with Crippen LogP contribution in [0.5, 0.6) is 5.75 Å². The van der Waals surface area contributed by atoms with Crippen LogP contribution < -0.4 is 10.1 Å². The van der Waals surface area contributed by atoms with Gasteiger partial charge in [-0.1, -0.05) is 102 Å². The summed E-state index contributed by atoms with van der Waals surface area (Å²) in [7, 11) is 0. The maximum atomic E-state index is 8.68. The van der Waals surface area contributed by atoms with Crippen molar-refractivity contribution in [3.63, 3.8) is 0 Å². The first-order valence-electron chi connectivity index (χ1n) is 11.8. The van der Waals surface area contributed by atoms with Crippen LogP contribution in [-0.4, -0.2) is 18.0 Å². The van der Waals surface area contributed by atoms with Gasteiger partial charge in [-0.25, -0.2) is 4.99 Å². The molecule has 0 aromatic heterocycles. The fraction of sp³-hybridized carbons (Fsp3) is 0.680. The molecule has 1 aromatic rings. The Kier molecular flexibility index (Phi) is 17.0. The molecule has 0 radical (unpaired) electrons. The first-order valence-corrected chi connectivity index (χ1v) is 13.0. The van der Waals surface area contributed by atoms with Crippen molar-refractivity contribution in [2.75, 3.05) is 12.9 Å². The largest absolute Gasteiger partial charge is 0.494 e. The van der Waals surface area contributed by atoms with Crippen molar-refractivity contribution in [3.05, 3.63) is 24.3 Å². The molecule has 1 aromatic carbocycles. The molecule has 0 heterocycles. The molecule has 168 valence electrons. The van der Waals surface area contributed by atoms with Gasteiger partial charge in [0.15, 0.2) is 11.4 Å². The number of nitriles is 1. The lowest BCUT2D eigenvalue weighted by Crippen LogP contribution is -2.12. The third-order valence-corrected chi connectivity index (χ3v) is 5.77. The van der Waals surface area contributed by atoms with Crippen LogP contribution in [0, 0.1) is 11.5 Å². The Balaban J connectivity index is 1.96. The Morgan fingerprint density at radius 1 is 0.867 bits per heavy atom. The van der Waals surface area contributed by atoms with Gasteiger partial charge >= 0.3 is 0 Å². The molecule has 1 N–H and O–H groups in total. The van der Waals surface area contributed by atoms with E-state index in [0.717, 1.165) is 24.5 Å². The third-order valence-electron chi connectivity index (χ3n) is 5.19. The van der Waals surface area contributed by atoms with E-state index < -0.39 is 0 Å². The minimum atomic E-state index is 0.591. The van der Waals surface area contributed by atoms with Crippen LogP contribution in [0.3, 0.4) is 0 Å². The Hall–Kier alpha value is -1.67. The van der Waals surface area contributed by atoms with Crippen LogP contribution in [0.2, 0.25) is 0 Å². The van der Waals surface area contributed by atoms with Gasteiger partial charge in [0, 0.05) is 0 Å². The standard InChI is InChI=1S/C25H41N3OS/c1-3-4-5-6-7-8-9-10-11-12-13-14-15-16-21-29-24-19-17-23(18-20-24)28-25(30-2)27-22-26/h17-20H,3-16,21H2,1-2H3,(H,27,28). The number of benzene rings is 1. The molecule has 0 bridgehead atoms. The lowest BCUT2D eigenvalue weighted by Gasteiger charge is -2.07. The summed E-state index contributed by atoms with van der Waals surface area (Å²) in [5, 5.41) is 11.8. The Morgan fingerprint density at radius 2 is 1.37 bits per heavy atom. The van der Waals surface area contributed by atoms with E-state index in [9.17, 15) is 0 Å². The van der Waals surface area contributed by atoms with Gasteiger partial charge in [0.2, 0.25) is 0 Å². The summed E-state index contributed by atoms with van der Waals surface area (Å²) in [6.45, 7) is 3.05. The molecule has 0 unspecified atom stereocenters. The van der Waals surface area contributed by atoms with Gasteiger partial charge in [0.05, 0.1) is 12.3 Å². The summed E-state index contributed by atoms with van der Waals surface area (Å²) < 4.78 is 5.83. The molecule has 30 heavy (non-hydrogen) atoms. The molecular weight excluding hydrogens is 390 g/mol. The van der Waals surface area contributed by atoms with E-state index in [4.69, 9.17) is 10.00 Å². The van der Waals surface area contributed by atoms with Crippen LogP contribution in [0.1, 0.15) is 96.8 Å². The summed E-state index contributed by atoms with van der Waals surface area (Å²) in [4.78, 5) is 4.37. The lowest BCUT2D eigenvalue weighted by atomic mass is 10.0. The number of nitrogens with zero attached hydrogens (tertiary/aromatic N) is 2. The van der Waals surface area contributed by atoms with Gasteiger partial charge < -0.3 is 4.74 Å². The molecule has 1 rings (SSSR count). The summed E-state index contributed by atoms with van der Waals surface area (Å²) in [6.07, 6.45) is 22.9. The van der Waals surface area contributed by atoms with Gasteiger partial charge in [-0.2, -0.15) is 5.26 Å². The molecule has 0 aliphatic carbocycles. The van der Waals surface area contributed by atoms with E-state index in [1.54, 1.807) is 0 Å². The molecule has 0 saturated carbocycles. The SMILES string of the molecule is CCCCCCCCCCCCCCCCOc1ccc(N=C(NC#N)SC)cc1. The van der Waals surface area contributed by atoms with Gasteiger partial charge in [-0.15, -0.1) is 0 Å². The van der Waals surface area contributed by atoms with Gasteiger partial charge in [0.1, 0.15) is 5.75 Å². The number of nitrogens with one attached hydrogen (secondary N) is 1. The molecule has 0 amide bonds. The monoisotopic (exact) mass is 431 g/mol. The number of amidine groups is 1. The van der Waals surface area contributed by atoms with E-state index in [1.807, 2.05) is 36.7 Å². The Morgan fingerprint density at radius 3 is 1.83 bits per heavy atom. The van der Waals surface area contributed by atoms with E-state index in [0.29, 0.717) is 5.17 Å². The van der Waals surface area contributed by atoms with Crippen LogP contribution in [0.25, 0.3) is 0 Å². The molecule has 0 aliphatic rings. The second kappa shape index (κ2) is 19.3. The molecule has 4 nitrogen and oxygen atoms in total. The number of aliphatic imine (C=N–C) groups is 1. The van der Waals surface area contributed by atoms with Crippen molar-refractivity contribution >= 4 is 22.6 Å². The number of thioether (sulfide) groups is 1. The fourth-order valence-corrected chi connectivity index (χ4v) is 3.74. The molecule has 5 heteroatoms. The zero-order chi connectivity index (χ0) is 21.7. The zero-order valence-corrected chi connectivity index (χ0v) is 19.9. The van der Waals surface area contributed by atoms with Crippen molar-refractivity contribution in [2.45, 2.75) is 96.8 Å². The highest BCUT2D eigenvalue weighted by molar-refractivity contribution is 8.13. The average molecular weight is 432 g/mol. The quantitative estimate of drug-likeness (QED) is 0.0893. The minimum Gasteiger partial charge on any atom is -0.494 e. The zero-order valence-electron chi connectivity index (χ0n) is 19.1. The lowest BCUT2D eigenvalue weighted by molar-refractivity contribution is 0.304. The number of hydrogen-bond donors (Lipinski definition) is 1. The molecule has 0 aliphatic heterocycles. The summed E-state index contributed by atoms with van der Waals surface area (Å²) in [5.41, 5.74) is 0.811. The highest BCUT2D eigenvalue weighted by Crippen LogP contribution is 2.20. The van der Waals surface area contributed by atoms with E-state index in [2.05, 4.69) is 17.2 Å². The summed E-state index contributed by atoms with van der Waals surface area (Å²) >= 11 is 1.41. The predicted molar refractivity (Wildman–Crippen MR) is 132 cm³/mol. The number of hydrogen-bond acceptors (Lipinski definition) is 4. The molecule has 0 fully saturated rings. The third kappa shape index (κ3) is 14.3. The number of unbranched alkanes of at least 4 members (excludes halogenated alkanes) is 13. The van der Waals surface area contributed by atoms with Crippen molar-refractivity contribution in [1.29, 1.82) is 5.26 Å². The molecule has 0 atom stereocenters. The van der Waals surface area contributed by atoms with Crippen LogP contribution in [0.15, 0.2) is 29.3 Å². The molecule has 0 saturated heterocycles. The van der Waals surface area contributed by atoms with Crippen LogP contribution in [0.4, 0.5) is 5.69 Å². The Bertz CT molecular complexity index is 595. The average Bonchev–Trinajstić information content (AvgIpc) is 2.77. The maximum absolute atomic E-state index is 8.68. The highest BCUT2D eigenvalue weighted by atomic mass is 32.2. The second-order valence-corrected chi connectivity index (χ2v) is 8.59. The van der Waals surface area contributed by atoms with Crippen molar-refractivity contribution in [1.82, 2.24) is 5.32 Å². The summed E-state index contributed by atoms with van der Waals surface area (Å²) in [5.74, 6) is 0.877. The smallest absolute Gasteiger partial charge is 0.183 e. The summed E-state index contributed by atoms with van der Waals surface area (Å²) in [6, 6.07) is 7.70. The van der Waals surface area contributed by atoms with Gasteiger partial charge in [-0.05, 0) is 36.9 Å². The minimum absolute atomic E-state index is 0.591. The van der Waals surface area contributed by atoms with Crippen molar-refractivity contribution in [2.24, 2.45) is 4.99 Å². The topological polar surface area (TPSA) is 57.4 Å². The second-order valence-electron chi connectivity index (χ2n) is 7.80. The van der Waals surface area contributed by atoms with Gasteiger partial charge in [-0.3, -0.25) is 5.32 Å². The van der Waals surface area contributed by atoms with E-state index >= 15 is 0 Å². The normalized spacial score (nSPS) is 11.3. The molecular formula is C25H41N3OS. The predicted octanol–water partition coefficient (Wildman–Crippen LogP) is 7.97. The van der Waals surface area contributed by atoms with E-state index in [1.165, 1.54) is 95.2 Å². The van der Waals surface area contributed by atoms with Crippen molar-refractivity contribution in [3.8, 4) is 11.9 Å². The van der Waals surface area contributed by atoms with Gasteiger partial charge in [0.25, 0.3) is 0 Å². The number of rotatable bonds is 17. The van der Waals surface area contributed by atoms with Crippen molar-refractivity contribution < 1.29 is 4.74 Å². The first kappa shape index (κ1) is 26.4. The molecule has 0 spiro atoms. The van der Waals surface area contributed by atoms with Crippen LogP contribution >= 0.6 is 11.8 Å². The fourth-order valence-electron chi connectivity index (χ4n) is 3.39.